The van der Waals surface area contributed by atoms with Crippen LogP contribution in [0.5, 0.6) is 0 Å². The van der Waals surface area contributed by atoms with Crippen molar-refractivity contribution in [1.29, 1.82) is 0 Å². The van der Waals surface area contributed by atoms with Gasteiger partial charge in [-0.1, -0.05) is 22.8 Å². The van der Waals surface area contributed by atoms with Crippen LogP contribution in [0, 0.1) is 6.92 Å². The zero-order valence-electron chi connectivity index (χ0n) is 11.1. The van der Waals surface area contributed by atoms with Gasteiger partial charge < -0.3 is 10.2 Å². The molecule has 1 aliphatic heterocycles. The van der Waals surface area contributed by atoms with E-state index in [0.29, 0.717) is 24.9 Å². The van der Waals surface area contributed by atoms with Crippen molar-refractivity contribution in [2.75, 3.05) is 18.0 Å². The summed E-state index contributed by atoms with van der Waals surface area (Å²) in [6.45, 7) is 3.56. The maximum absolute atomic E-state index is 5.67. The summed E-state index contributed by atoms with van der Waals surface area (Å²) < 4.78 is 5.67. The van der Waals surface area contributed by atoms with Crippen molar-refractivity contribution in [3.63, 3.8) is 0 Å². The van der Waals surface area contributed by atoms with Crippen molar-refractivity contribution in [3.05, 3.63) is 35.2 Å². The molecule has 0 aliphatic carbocycles. The molecule has 1 aromatic carbocycles. The number of hydrogen-bond acceptors (Lipinski definition) is 5. The molecule has 5 nitrogen and oxygen atoms in total. The second-order valence-electron chi connectivity index (χ2n) is 4.90. The van der Waals surface area contributed by atoms with E-state index in [1.54, 1.807) is 0 Å². The molecule has 0 radical (unpaired) electrons. The third kappa shape index (κ3) is 2.33. The van der Waals surface area contributed by atoms with E-state index in [4.69, 9.17) is 10.2 Å². The Morgan fingerprint density at radius 1 is 1.37 bits per heavy atom. The molecule has 3 rings (SSSR count). The second kappa shape index (κ2) is 5.01. The van der Waals surface area contributed by atoms with Crippen LogP contribution in [0.2, 0.25) is 0 Å². The Bertz CT molecular complexity index is 579. The van der Waals surface area contributed by atoms with Gasteiger partial charge in [0.05, 0.1) is 0 Å². The van der Waals surface area contributed by atoms with E-state index in [9.17, 15) is 0 Å². The van der Waals surface area contributed by atoms with E-state index >= 15 is 0 Å². The molecule has 100 valence electrons. The number of fused-ring (bicyclic) bond motifs is 1. The van der Waals surface area contributed by atoms with Crippen molar-refractivity contribution in [1.82, 2.24) is 10.2 Å². The normalized spacial score (nSPS) is 14.5. The lowest BCUT2D eigenvalue weighted by atomic mass is 10.00. The summed E-state index contributed by atoms with van der Waals surface area (Å²) in [5, 5.41) is 8.17. The van der Waals surface area contributed by atoms with E-state index in [0.717, 1.165) is 19.4 Å². The smallest absolute Gasteiger partial charge is 0.322 e. The predicted molar refractivity (Wildman–Crippen MR) is 73.6 cm³/mol. The number of nitrogens with zero attached hydrogens (tertiary/aromatic N) is 3. The van der Waals surface area contributed by atoms with Gasteiger partial charge in [-0.25, -0.2) is 0 Å². The summed E-state index contributed by atoms with van der Waals surface area (Å²) in [6.07, 6.45) is 2.84. The lowest BCUT2D eigenvalue weighted by Crippen LogP contribution is -2.24. The maximum Gasteiger partial charge on any atom is 0.322 e. The molecule has 0 spiro atoms. The highest BCUT2D eigenvalue weighted by Crippen LogP contribution is 2.33. The van der Waals surface area contributed by atoms with Gasteiger partial charge in [-0.2, -0.15) is 0 Å². The first kappa shape index (κ1) is 12.2. The minimum atomic E-state index is 0.525. The molecular formula is C14H18N4O. The van der Waals surface area contributed by atoms with Gasteiger partial charge >= 0.3 is 6.01 Å². The summed E-state index contributed by atoms with van der Waals surface area (Å²) in [4.78, 5) is 2.10. The second-order valence-corrected chi connectivity index (χ2v) is 4.90. The number of hydrogen-bond donors (Lipinski definition) is 1. The van der Waals surface area contributed by atoms with E-state index < -0.39 is 0 Å². The van der Waals surface area contributed by atoms with Crippen LogP contribution in [-0.4, -0.2) is 23.3 Å². The minimum Gasteiger partial charge on any atom is -0.408 e. The van der Waals surface area contributed by atoms with Gasteiger partial charge in [-0.05, 0) is 31.4 Å². The zero-order valence-corrected chi connectivity index (χ0v) is 11.1. The average Bonchev–Trinajstić information content (AvgIpc) is 2.86. The van der Waals surface area contributed by atoms with Gasteiger partial charge in [0.1, 0.15) is 0 Å². The number of benzene rings is 1. The van der Waals surface area contributed by atoms with Crippen LogP contribution < -0.4 is 10.6 Å². The molecule has 0 saturated carbocycles. The SMILES string of the molecule is Cc1ccc2c(c1)CCCN2c1nnc(CCN)o1. The van der Waals surface area contributed by atoms with Crippen molar-refractivity contribution >= 4 is 11.7 Å². The van der Waals surface area contributed by atoms with E-state index in [1.807, 2.05) is 0 Å². The Labute approximate surface area is 112 Å². The third-order valence-corrected chi connectivity index (χ3v) is 3.40. The van der Waals surface area contributed by atoms with E-state index in [-0.39, 0.29) is 0 Å². The highest BCUT2D eigenvalue weighted by molar-refractivity contribution is 5.63. The van der Waals surface area contributed by atoms with E-state index in [1.165, 1.54) is 16.8 Å². The van der Waals surface area contributed by atoms with Crippen LogP contribution in [0.15, 0.2) is 22.6 Å². The fourth-order valence-corrected chi connectivity index (χ4v) is 2.50. The molecule has 0 atom stereocenters. The fourth-order valence-electron chi connectivity index (χ4n) is 2.50. The minimum absolute atomic E-state index is 0.525. The zero-order chi connectivity index (χ0) is 13.2. The molecule has 1 aromatic heterocycles. The molecule has 0 fully saturated rings. The van der Waals surface area contributed by atoms with Gasteiger partial charge in [0.2, 0.25) is 5.89 Å². The van der Waals surface area contributed by atoms with Crippen molar-refractivity contribution in [2.45, 2.75) is 26.2 Å². The largest absolute Gasteiger partial charge is 0.408 e. The molecule has 0 bridgehead atoms. The summed E-state index contributed by atoms with van der Waals surface area (Å²) in [5.74, 6) is 0.608. The molecule has 5 heteroatoms. The lowest BCUT2D eigenvalue weighted by Gasteiger charge is -2.27. The first-order valence-electron chi connectivity index (χ1n) is 6.67. The highest BCUT2D eigenvalue weighted by Gasteiger charge is 2.22. The number of rotatable bonds is 3. The summed E-state index contributed by atoms with van der Waals surface area (Å²) in [7, 11) is 0. The Kier molecular flexibility index (Phi) is 3.21. The van der Waals surface area contributed by atoms with Crippen LogP contribution in [0.25, 0.3) is 0 Å². The fraction of sp³-hybridized carbons (Fsp3) is 0.429. The van der Waals surface area contributed by atoms with Crippen molar-refractivity contribution < 1.29 is 4.42 Å². The lowest BCUT2D eigenvalue weighted by molar-refractivity contribution is 0.491. The van der Waals surface area contributed by atoms with Crippen LogP contribution in [0.1, 0.15) is 23.4 Å². The van der Waals surface area contributed by atoms with Gasteiger partial charge in [-0.15, -0.1) is 5.10 Å². The molecule has 2 heterocycles. The summed E-state index contributed by atoms with van der Waals surface area (Å²) in [5.41, 5.74) is 9.32. The Balaban J connectivity index is 1.94. The highest BCUT2D eigenvalue weighted by atomic mass is 16.4. The predicted octanol–water partition coefficient (Wildman–Crippen LogP) is 1.96. The standard InChI is InChI=1S/C14H18N4O/c1-10-4-5-12-11(9-10)3-2-8-18(12)14-17-16-13(19-14)6-7-15/h4-5,9H,2-3,6-8,15H2,1H3. The van der Waals surface area contributed by atoms with Crippen LogP contribution in [0.4, 0.5) is 11.7 Å². The van der Waals surface area contributed by atoms with Crippen molar-refractivity contribution in [3.8, 4) is 0 Å². The molecule has 2 N–H and O–H groups in total. The molecule has 0 unspecified atom stereocenters. The number of anilines is 2. The molecule has 1 aliphatic rings. The molecule has 19 heavy (non-hydrogen) atoms. The molecule has 2 aromatic rings. The number of aromatic nitrogens is 2. The van der Waals surface area contributed by atoms with Crippen LogP contribution in [0.3, 0.4) is 0 Å². The van der Waals surface area contributed by atoms with Gasteiger partial charge in [0.25, 0.3) is 0 Å². The number of aryl methyl sites for hydroxylation is 2. The van der Waals surface area contributed by atoms with Gasteiger partial charge in [0, 0.05) is 25.2 Å². The van der Waals surface area contributed by atoms with Crippen LogP contribution >= 0.6 is 0 Å². The van der Waals surface area contributed by atoms with E-state index in [2.05, 4.69) is 40.2 Å². The monoisotopic (exact) mass is 258 g/mol. The Hall–Kier alpha value is -1.88. The molecule has 0 amide bonds. The van der Waals surface area contributed by atoms with Gasteiger partial charge in [-0.3, -0.25) is 4.90 Å². The quantitative estimate of drug-likeness (QED) is 0.911. The van der Waals surface area contributed by atoms with Crippen LogP contribution in [-0.2, 0) is 12.8 Å². The first-order valence-corrected chi connectivity index (χ1v) is 6.67. The third-order valence-electron chi connectivity index (χ3n) is 3.40. The summed E-state index contributed by atoms with van der Waals surface area (Å²) in [6, 6.07) is 7.07. The molecular weight excluding hydrogens is 240 g/mol. The van der Waals surface area contributed by atoms with Crippen molar-refractivity contribution in [2.24, 2.45) is 5.73 Å². The average molecular weight is 258 g/mol. The first-order chi connectivity index (χ1) is 9.28. The number of nitrogens with two attached hydrogens (primary N) is 1. The van der Waals surface area contributed by atoms with Gasteiger partial charge in [0.15, 0.2) is 0 Å². The summed E-state index contributed by atoms with van der Waals surface area (Å²) >= 11 is 0. The molecule has 0 saturated heterocycles. The topological polar surface area (TPSA) is 68.2 Å². The Morgan fingerprint density at radius 3 is 3.11 bits per heavy atom. The Morgan fingerprint density at radius 2 is 2.26 bits per heavy atom. The maximum atomic E-state index is 5.67.